The van der Waals surface area contributed by atoms with Gasteiger partial charge in [0.25, 0.3) is 0 Å². The van der Waals surface area contributed by atoms with E-state index in [1.807, 2.05) is 0 Å². The molecule has 1 N–H and O–H groups in total. The number of nitrogens with zero attached hydrogens (tertiary/aromatic N) is 2. The molecule has 2 aliphatic rings. The third-order valence-corrected chi connectivity index (χ3v) is 3.51. The van der Waals surface area contributed by atoms with Gasteiger partial charge < -0.3 is 9.88 Å². The molecule has 2 atom stereocenters. The molecule has 1 heterocycles. The maximum atomic E-state index is 4.55. The average Bonchev–Trinajstić information content (AvgIpc) is 3.03. The highest BCUT2D eigenvalue weighted by Gasteiger charge is 2.33. The molecule has 0 spiro atoms. The number of imidazole rings is 1. The lowest BCUT2D eigenvalue weighted by atomic mass is 10.3. The normalized spacial score (nSPS) is 29.2. The second-order valence-electron chi connectivity index (χ2n) is 5.25. The maximum Gasteiger partial charge on any atom is 0.203 e. The van der Waals surface area contributed by atoms with E-state index in [9.17, 15) is 0 Å². The molecule has 0 radical (unpaired) electrons. The second-order valence-corrected chi connectivity index (χ2v) is 5.25. The molecule has 0 saturated heterocycles. The SMILES string of the molecule is Cc1cn(CC2CC2C)c(NC2CC2)n1. The van der Waals surface area contributed by atoms with Crippen LogP contribution in [0.5, 0.6) is 0 Å². The van der Waals surface area contributed by atoms with Gasteiger partial charge >= 0.3 is 0 Å². The monoisotopic (exact) mass is 205 g/mol. The molecule has 3 heteroatoms. The predicted molar refractivity (Wildman–Crippen MR) is 60.9 cm³/mol. The Bertz CT molecular complexity index is 365. The van der Waals surface area contributed by atoms with Gasteiger partial charge in [0.2, 0.25) is 5.95 Å². The minimum atomic E-state index is 0.696. The molecule has 82 valence electrons. The number of hydrogen-bond acceptors (Lipinski definition) is 2. The van der Waals surface area contributed by atoms with Crippen molar-refractivity contribution in [2.75, 3.05) is 5.32 Å². The molecule has 2 aliphatic carbocycles. The van der Waals surface area contributed by atoms with E-state index >= 15 is 0 Å². The van der Waals surface area contributed by atoms with Crippen LogP contribution in [0.3, 0.4) is 0 Å². The highest BCUT2D eigenvalue weighted by atomic mass is 15.2. The molecule has 2 saturated carbocycles. The zero-order valence-electron chi connectivity index (χ0n) is 9.53. The molecule has 0 amide bonds. The smallest absolute Gasteiger partial charge is 0.203 e. The van der Waals surface area contributed by atoms with Crippen LogP contribution in [-0.2, 0) is 6.54 Å². The van der Waals surface area contributed by atoms with Crippen LogP contribution < -0.4 is 5.32 Å². The Morgan fingerprint density at radius 1 is 1.53 bits per heavy atom. The lowest BCUT2D eigenvalue weighted by molar-refractivity contribution is 0.596. The molecule has 2 unspecified atom stereocenters. The van der Waals surface area contributed by atoms with Crippen molar-refractivity contribution in [3.8, 4) is 0 Å². The number of anilines is 1. The summed E-state index contributed by atoms with van der Waals surface area (Å²) < 4.78 is 2.31. The van der Waals surface area contributed by atoms with E-state index in [-0.39, 0.29) is 0 Å². The number of rotatable bonds is 4. The van der Waals surface area contributed by atoms with Crippen molar-refractivity contribution in [2.24, 2.45) is 11.8 Å². The van der Waals surface area contributed by atoms with Crippen molar-refractivity contribution in [1.29, 1.82) is 0 Å². The summed E-state index contributed by atoms with van der Waals surface area (Å²) in [6.07, 6.45) is 6.19. The first kappa shape index (κ1) is 9.25. The molecule has 15 heavy (non-hydrogen) atoms. The third kappa shape index (κ3) is 2.01. The van der Waals surface area contributed by atoms with Gasteiger partial charge in [-0.1, -0.05) is 6.92 Å². The van der Waals surface area contributed by atoms with E-state index in [0.717, 1.165) is 30.0 Å². The van der Waals surface area contributed by atoms with Crippen molar-refractivity contribution in [3.05, 3.63) is 11.9 Å². The Kier molecular flexibility index (Phi) is 2.01. The van der Waals surface area contributed by atoms with E-state index in [0.29, 0.717) is 6.04 Å². The number of nitrogens with one attached hydrogen (secondary N) is 1. The van der Waals surface area contributed by atoms with Crippen molar-refractivity contribution in [2.45, 2.75) is 45.7 Å². The van der Waals surface area contributed by atoms with Crippen molar-refractivity contribution in [1.82, 2.24) is 9.55 Å². The van der Waals surface area contributed by atoms with Crippen LogP contribution >= 0.6 is 0 Å². The number of aryl methyl sites for hydroxylation is 1. The molecule has 1 aromatic heterocycles. The summed E-state index contributed by atoms with van der Waals surface area (Å²) in [7, 11) is 0. The topological polar surface area (TPSA) is 29.9 Å². The van der Waals surface area contributed by atoms with Gasteiger partial charge in [-0.05, 0) is 38.0 Å². The standard InChI is InChI=1S/C12H19N3/c1-8-5-10(8)7-15-6-9(2)13-12(15)14-11-3-4-11/h6,8,10-11H,3-5,7H2,1-2H3,(H,13,14). The first-order chi connectivity index (χ1) is 7.22. The Labute approximate surface area is 90.9 Å². The van der Waals surface area contributed by atoms with Gasteiger partial charge in [0, 0.05) is 18.8 Å². The molecule has 0 bridgehead atoms. The zero-order valence-corrected chi connectivity index (χ0v) is 9.53. The van der Waals surface area contributed by atoms with Crippen LogP contribution in [0.15, 0.2) is 6.20 Å². The first-order valence-corrected chi connectivity index (χ1v) is 6.02. The van der Waals surface area contributed by atoms with Gasteiger partial charge in [0.15, 0.2) is 0 Å². The zero-order chi connectivity index (χ0) is 10.4. The second kappa shape index (κ2) is 3.26. The minimum Gasteiger partial charge on any atom is -0.353 e. The van der Waals surface area contributed by atoms with Crippen LogP contribution in [0.25, 0.3) is 0 Å². The summed E-state index contributed by atoms with van der Waals surface area (Å²) in [5, 5.41) is 3.51. The highest BCUT2D eigenvalue weighted by molar-refractivity contribution is 5.32. The first-order valence-electron chi connectivity index (χ1n) is 6.02. The van der Waals surface area contributed by atoms with Crippen LogP contribution in [0.2, 0.25) is 0 Å². The van der Waals surface area contributed by atoms with Gasteiger partial charge in [0.1, 0.15) is 0 Å². The summed E-state index contributed by atoms with van der Waals surface area (Å²) in [4.78, 5) is 4.55. The van der Waals surface area contributed by atoms with Gasteiger partial charge in [-0.3, -0.25) is 0 Å². The van der Waals surface area contributed by atoms with Gasteiger partial charge in [-0.2, -0.15) is 0 Å². The van der Waals surface area contributed by atoms with E-state index in [2.05, 4.69) is 34.9 Å². The fourth-order valence-electron chi connectivity index (χ4n) is 2.12. The summed E-state index contributed by atoms with van der Waals surface area (Å²) in [6, 6.07) is 0.696. The largest absolute Gasteiger partial charge is 0.353 e. The Morgan fingerprint density at radius 2 is 2.27 bits per heavy atom. The summed E-state index contributed by atoms with van der Waals surface area (Å²) >= 11 is 0. The quantitative estimate of drug-likeness (QED) is 0.818. The van der Waals surface area contributed by atoms with E-state index < -0.39 is 0 Å². The van der Waals surface area contributed by atoms with Gasteiger partial charge in [0.05, 0.1) is 5.69 Å². The summed E-state index contributed by atoms with van der Waals surface area (Å²) in [6.45, 7) is 5.56. The molecule has 3 rings (SSSR count). The lowest BCUT2D eigenvalue weighted by Crippen LogP contribution is -2.10. The van der Waals surface area contributed by atoms with E-state index in [1.165, 1.54) is 19.3 Å². The number of aromatic nitrogens is 2. The molecular formula is C12H19N3. The molecule has 0 aromatic carbocycles. The summed E-state index contributed by atoms with van der Waals surface area (Å²) in [5.74, 6) is 2.90. The van der Waals surface area contributed by atoms with Crippen molar-refractivity contribution in [3.63, 3.8) is 0 Å². The molecular weight excluding hydrogens is 186 g/mol. The molecule has 0 aliphatic heterocycles. The lowest BCUT2D eigenvalue weighted by Gasteiger charge is -2.08. The molecule has 3 nitrogen and oxygen atoms in total. The van der Waals surface area contributed by atoms with E-state index in [1.54, 1.807) is 0 Å². The van der Waals surface area contributed by atoms with Crippen LogP contribution in [-0.4, -0.2) is 15.6 Å². The Hall–Kier alpha value is -0.990. The van der Waals surface area contributed by atoms with Crippen LogP contribution in [0, 0.1) is 18.8 Å². The maximum absolute atomic E-state index is 4.55. The third-order valence-electron chi connectivity index (χ3n) is 3.51. The Morgan fingerprint density at radius 3 is 2.87 bits per heavy atom. The Balaban J connectivity index is 1.72. The van der Waals surface area contributed by atoms with Crippen molar-refractivity contribution < 1.29 is 0 Å². The fourth-order valence-corrected chi connectivity index (χ4v) is 2.12. The van der Waals surface area contributed by atoms with Crippen molar-refractivity contribution >= 4 is 5.95 Å². The molecule has 1 aromatic rings. The van der Waals surface area contributed by atoms with Crippen LogP contribution in [0.1, 0.15) is 31.9 Å². The summed E-state index contributed by atoms with van der Waals surface area (Å²) in [5.41, 5.74) is 1.13. The highest BCUT2D eigenvalue weighted by Crippen LogP contribution is 2.39. The number of hydrogen-bond donors (Lipinski definition) is 1. The molecule has 2 fully saturated rings. The average molecular weight is 205 g/mol. The van der Waals surface area contributed by atoms with Gasteiger partial charge in [-0.25, -0.2) is 4.98 Å². The predicted octanol–water partition coefficient (Wildman–Crippen LogP) is 2.42. The minimum absolute atomic E-state index is 0.696. The van der Waals surface area contributed by atoms with Gasteiger partial charge in [-0.15, -0.1) is 0 Å². The fraction of sp³-hybridized carbons (Fsp3) is 0.750. The van der Waals surface area contributed by atoms with E-state index in [4.69, 9.17) is 0 Å². The van der Waals surface area contributed by atoms with Crippen LogP contribution in [0.4, 0.5) is 5.95 Å².